The number of rotatable bonds is 6. The quantitative estimate of drug-likeness (QED) is 0.786. The summed E-state index contributed by atoms with van der Waals surface area (Å²) in [5, 5.41) is 1.60. The van der Waals surface area contributed by atoms with Crippen LogP contribution in [-0.4, -0.2) is 32.1 Å². The average molecular weight is 254 g/mol. The smallest absolute Gasteiger partial charge is 0.234 e. The second-order valence-electron chi connectivity index (χ2n) is 4.24. The van der Waals surface area contributed by atoms with Gasteiger partial charge in [0.15, 0.2) is 0 Å². The van der Waals surface area contributed by atoms with Crippen molar-refractivity contribution in [2.24, 2.45) is 0 Å². The molecule has 0 fully saturated rings. The van der Waals surface area contributed by atoms with Gasteiger partial charge in [0.25, 0.3) is 0 Å². The minimum atomic E-state index is -0.288. The van der Waals surface area contributed by atoms with Crippen LogP contribution >= 0.6 is 0 Å². The second kappa shape index (κ2) is 6.96. The van der Waals surface area contributed by atoms with Gasteiger partial charge < -0.3 is 4.74 Å². The molecule has 100 valence electrons. The lowest BCUT2D eigenvalue weighted by Crippen LogP contribution is -2.35. The number of nitrogens with zero attached hydrogens (tertiary/aromatic N) is 1. The standard InChI is InChI=1S/C13H19FN2O2/c1-16(2)15-13(17)6-4-5-10-9-11(14)7-8-12(10)18-3/h7-9H,4-6H2,1-3H3,(H,15,17). The number of halogens is 1. The highest BCUT2D eigenvalue weighted by Gasteiger charge is 2.07. The molecular formula is C13H19FN2O2. The topological polar surface area (TPSA) is 41.6 Å². The molecule has 1 N–H and O–H groups in total. The number of carbonyl (C=O) groups excluding carboxylic acids is 1. The summed E-state index contributed by atoms with van der Waals surface area (Å²) in [6.45, 7) is 0. The Balaban J connectivity index is 2.48. The van der Waals surface area contributed by atoms with Gasteiger partial charge in [0.1, 0.15) is 11.6 Å². The number of ether oxygens (including phenoxy) is 1. The molecule has 0 unspecified atom stereocenters. The van der Waals surface area contributed by atoms with Gasteiger partial charge in [0, 0.05) is 20.5 Å². The first-order valence-electron chi connectivity index (χ1n) is 5.82. The van der Waals surface area contributed by atoms with E-state index in [1.54, 1.807) is 32.3 Å². The molecule has 1 aromatic rings. The fourth-order valence-electron chi connectivity index (χ4n) is 1.69. The predicted octanol–water partition coefficient (Wildman–Crippen LogP) is 1.75. The molecule has 0 saturated heterocycles. The van der Waals surface area contributed by atoms with Crippen LogP contribution in [0.1, 0.15) is 18.4 Å². The van der Waals surface area contributed by atoms with Crippen molar-refractivity contribution in [2.45, 2.75) is 19.3 Å². The molecule has 0 atom stereocenters. The summed E-state index contributed by atoms with van der Waals surface area (Å²) >= 11 is 0. The van der Waals surface area contributed by atoms with Gasteiger partial charge in [-0.15, -0.1) is 0 Å². The lowest BCUT2D eigenvalue weighted by Gasteiger charge is -2.12. The van der Waals surface area contributed by atoms with Gasteiger partial charge in [0.2, 0.25) is 5.91 Å². The Bertz CT molecular complexity index is 408. The van der Waals surface area contributed by atoms with Crippen molar-refractivity contribution in [1.82, 2.24) is 10.4 Å². The Morgan fingerprint density at radius 1 is 1.44 bits per heavy atom. The number of aryl methyl sites for hydroxylation is 1. The average Bonchev–Trinajstić information content (AvgIpc) is 2.28. The molecule has 1 rings (SSSR count). The molecule has 0 saturated carbocycles. The van der Waals surface area contributed by atoms with E-state index in [0.717, 1.165) is 5.56 Å². The van der Waals surface area contributed by atoms with Crippen molar-refractivity contribution in [3.8, 4) is 5.75 Å². The summed E-state index contributed by atoms with van der Waals surface area (Å²) in [5.74, 6) is 0.323. The van der Waals surface area contributed by atoms with E-state index in [1.807, 2.05) is 0 Å². The number of nitrogens with one attached hydrogen (secondary N) is 1. The van der Waals surface area contributed by atoms with Gasteiger partial charge in [-0.05, 0) is 36.6 Å². The van der Waals surface area contributed by atoms with E-state index in [1.165, 1.54) is 12.1 Å². The monoisotopic (exact) mass is 254 g/mol. The first-order chi connectivity index (χ1) is 8.52. The Hall–Kier alpha value is -1.62. The van der Waals surface area contributed by atoms with E-state index in [4.69, 9.17) is 4.74 Å². The third-order valence-corrected chi connectivity index (χ3v) is 2.44. The van der Waals surface area contributed by atoms with Crippen LogP contribution in [0, 0.1) is 5.82 Å². The Kier molecular flexibility index (Phi) is 5.58. The number of benzene rings is 1. The molecule has 0 aliphatic carbocycles. The molecule has 4 nitrogen and oxygen atoms in total. The van der Waals surface area contributed by atoms with Crippen molar-refractivity contribution in [2.75, 3.05) is 21.2 Å². The third kappa shape index (κ3) is 4.71. The van der Waals surface area contributed by atoms with E-state index in [-0.39, 0.29) is 11.7 Å². The van der Waals surface area contributed by atoms with Gasteiger partial charge in [-0.2, -0.15) is 0 Å². The molecule has 0 radical (unpaired) electrons. The van der Waals surface area contributed by atoms with E-state index >= 15 is 0 Å². The molecule has 0 aliphatic heterocycles. The second-order valence-corrected chi connectivity index (χ2v) is 4.24. The number of hydrazine groups is 1. The molecule has 1 amide bonds. The lowest BCUT2D eigenvalue weighted by atomic mass is 10.1. The van der Waals surface area contributed by atoms with Crippen LogP contribution in [0.3, 0.4) is 0 Å². The van der Waals surface area contributed by atoms with Crippen molar-refractivity contribution in [1.29, 1.82) is 0 Å². The van der Waals surface area contributed by atoms with Crippen LogP contribution in [0.25, 0.3) is 0 Å². The molecule has 0 spiro atoms. The number of methoxy groups -OCH3 is 1. The first kappa shape index (κ1) is 14.4. The zero-order valence-electron chi connectivity index (χ0n) is 11.0. The SMILES string of the molecule is COc1ccc(F)cc1CCCC(=O)NN(C)C. The van der Waals surface area contributed by atoms with E-state index in [9.17, 15) is 9.18 Å². The van der Waals surface area contributed by atoms with Crippen molar-refractivity contribution >= 4 is 5.91 Å². The summed E-state index contributed by atoms with van der Waals surface area (Å²) in [5.41, 5.74) is 3.45. The molecule has 5 heteroatoms. The van der Waals surface area contributed by atoms with Crippen molar-refractivity contribution in [3.63, 3.8) is 0 Å². The van der Waals surface area contributed by atoms with Crippen LogP contribution in [0.4, 0.5) is 4.39 Å². The number of carbonyl (C=O) groups is 1. The normalized spacial score (nSPS) is 10.5. The molecule has 0 aliphatic rings. The minimum absolute atomic E-state index is 0.0460. The highest BCUT2D eigenvalue weighted by Crippen LogP contribution is 2.21. The van der Waals surface area contributed by atoms with Crippen molar-refractivity contribution < 1.29 is 13.9 Å². The molecule has 1 aromatic carbocycles. The summed E-state index contributed by atoms with van der Waals surface area (Å²) in [7, 11) is 5.07. The van der Waals surface area contributed by atoms with E-state index in [2.05, 4.69) is 5.43 Å². The number of hydrogen-bond acceptors (Lipinski definition) is 3. The van der Waals surface area contributed by atoms with Crippen molar-refractivity contribution in [3.05, 3.63) is 29.6 Å². The van der Waals surface area contributed by atoms with Crippen LogP contribution in [-0.2, 0) is 11.2 Å². The summed E-state index contributed by atoms with van der Waals surface area (Å²) in [4.78, 5) is 11.4. The van der Waals surface area contributed by atoms with E-state index < -0.39 is 0 Å². The van der Waals surface area contributed by atoms with Gasteiger partial charge >= 0.3 is 0 Å². The zero-order valence-corrected chi connectivity index (χ0v) is 11.0. The minimum Gasteiger partial charge on any atom is -0.496 e. The molecule has 18 heavy (non-hydrogen) atoms. The summed E-state index contributed by atoms with van der Waals surface area (Å²) < 4.78 is 18.2. The summed E-state index contributed by atoms with van der Waals surface area (Å²) in [6.07, 6.45) is 1.67. The highest BCUT2D eigenvalue weighted by molar-refractivity contribution is 5.75. The first-order valence-corrected chi connectivity index (χ1v) is 5.82. The van der Waals surface area contributed by atoms with Crippen LogP contribution in [0.2, 0.25) is 0 Å². The summed E-state index contributed by atoms with van der Waals surface area (Å²) in [6, 6.07) is 4.41. The Labute approximate surface area is 107 Å². The van der Waals surface area contributed by atoms with Crippen LogP contribution in [0.15, 0.2) is 18.2 Å². The number of amides is 1. The zero-order chi connectivity index (χ0) is 13.5. The fraction of sp³-hybridized carbons (Fsp3) is 0.462. The molecule has 0 heterocycles. The maximum Gasteiger partial charge on any atom is 0.234 e. The maximum absolute atomic E-state index is 13.1. The molecule has 0 aromatic heterocycles. The lowest BCUT2D eigenvalue weighted by molar-refractivity contribution is -0.124. The van der Waals surface area contributed by atoms with E-state index in [0.29, 0.717) is 25.0 Å². The Morgan fingerprint density at radius 3 is 2.78 bits per heavy atom. The van der Waals surface area contributed by atoms with Gasteiger partial charge in [-0.3, -0.25) is 10.2 Å². The predicted molar refractivity (Wildman–Crippen MR) is 67.7 cm³/mol. The maximum atomic E-state index is 13.1. The molecular weight excluding hydrogens is 235 g/mol. The molecule has 0 bridgehead atoms. The van der Waals surface area contributed by atoms with Crippen LogP contribution in [0.5, 0.6) is 5.75 Å². The Morgan fingerprint density at radius 2 is 2.17 bits per heavy atom. The van der Waals surface area contributed by atoms with Crippen LogP contribution < -0.4 is 10.2 Å². The fourth-order valence-corrected chi connectivity index (χ4v) is 1.69. The van der Waals surface area contributed by atoms with Gasteiger partial charge in [0.05, 0.1) is 7.11 Å². The largest absolute Gasteiger partial charge is 0.496 e. The number of hydrogen-bond donors (Lipinski definition) is 1. The van der Waals surface area contributed by atoms with Gasteiger partial charge in [-0.25, -0.2) is 9.40 Å². The van der Waals surface area contributed by atoms with Gasteiger partial charge in [-0.1, -0.05) is 0 Å². The third-order valence-electron chi connectivity index (χ3n) is 2.44. The highest BCUT2D eigenvalue weighted by atomic mass is 19.1.